The minimum Gasteiger partial charge on any atom is -0.352 e. The van der Waals surface area contributed by atoms with Gasteiger partial charge in [0.05, 0.1) is 17.8 Å². The molecule has 5 nitrogen and oxygen atoms in total. The highest BCUT2D eigenvalue weighted by atomic mass is 32.1. The van der Waals surface area contributed by atoms with E-state index in [4.69, 9.17) is 12.2 Å². The fourth-order valence-corrected chi connectivity index (χ4v) is 3.98. The molecule has 0 aliphatic carbocycles. The zero-order chi connectivity index (χ0) is 18.7. The number of hydrogen-bond donors (Lipinski definition) is 1. The van der Waals surface area contributed by atoms with Crippen molar-refractivity contribution in [2.45, 2.75) is 38.4 Å². The Kier molecular flexibility index (Phi) is 5.94. The summed E-state index contributed by atoms with van der Waals surface area (Å²) in [7, 11) is 4.22. The summed E-state index contributed by atoms with van der Waals surface area (Å²) in [5, 5.41) is 4.35. The van der Waals surface area contributed by atoms with Crippen molar-refractivity contribution >= 4 is 17.3 Å². The van der Waals surface area contributed by atoms with E-state index in [-0.39, 0.29) is 12.1 Å². The number of nitrogens with zero attached hydrogens (tertiary/aromatic N) is 4. The Morgan fingerprint density at radius 2 is 2.04 bits per heavy atom. The number of hydrogen-bond acceptors (Lipinski definition) is 3. The highest BCUT2D eigenvalue weighted by Gasteiger charge is 2.40. The van der Waals surface area contributed by atoms with Crippen LogP contribution in [0, 0.1) is 0 Å². The van der Waals surface area contributed by atoms with Crippen molar-refractivity contribution in [2.24, 2.45) is 0 Å². The van der Waals surface area contributed by atoms with Gasteiger partial charge in [-0.05, 0) is 77.4 Å². The van der Waals surface area contributed by atoms with Crippen LogP contribution in [-0.2, 0) is 0 Å². The summed E-state index contributed by atoms with van der Waals surface area (Å²) in [6.07, 6.45) is 5.09. The van der Waals surface area contributed by atoms with Crippen LogP contribution in [0.25, 0.3) is 0 Å². The van der Waals surface area contributed by atoms with Crippen molar-refractivity contribution in [2.75, 3.05) is 27.2 Å². The first-order valence-electron chi connectivity index (χ1n) is 9.28. The molecule has 2 aromatic heterocycles. The highest BCUT2D eigenvalue weighted by Crippen LogP contribution is 2.39. The first-order chi connectivity index (χ1) is 12.5. The topological polar surface area (TPSA) is 36.3 Å². The lowest BCUT2D eigenvalue weighted by atomic mass is 10.0. The van der Waals surface area contributed by atoms with Gasteiger partial charge in [-0.15, -0.1) is 0 Å². The van der Waals surface area contributed by atoms with Crippen molar-refractivity contribution in [1.82, 2.24) is 24.7 Å². The largest absolute Gasteiger partial charge is 0.352 e. The molecule has 3 heterocycles. The summed E-state index contributed by atoms with van der Waals surface area (Å²) in [5.74, 6) is 0. The molecule has 1 aliphatic heterocycles. The maximum absolute atomic E-state index is 5.72. The van der Waals surface area contributed by atoms with Crippen molar-refractivity contribution < 1.29 is 0 Å². The van der Waals surface area contributed by atoms with Gasteiger partial charge in [0.15, 0.2) is 5.11 Å². The predicted octanol–water partition coefficient (Wildman–Crippen LogP) is 3.39. The zero-order valence-electron chi connectivity index (χ0n) is 16.1. The van der Waals surface area contributed by atoms with Crippen LogP contribution in [0.3, 0.4) is 0 Å². The second kappa shape index (κ2) is 8.18. The lowest BCUT2D eigenvalue weighted by Gasteiger charge is -2.30. The normalized spacial score (nSPS) is 20.2. The third kappa shape index (κ3) is 3.91. The molecule has 2 aromatic rings. The third-order valence-corrected chi connectivity index (χ3v) is 5.23. The SMILES string of the molecule is CC(C)n1cccc1C1C(c2ccccn2)NC(=S)N1CCCN(C)C. The summed E-state index contributed by atoms with van der Waals surface area (Å²) in [4.78, 5) is 9.16. The molecule has 0 radical (unpaired) electrons. The van der Waals surface area contributed by atoms with Crippen LogP contribution >= 0.6 is 12.2 Å². The van der Waals surface area contributed by atoms with Crippen molar-refractivity contribution in [3.05, 3.63) is 54.1 Å². The monoisotopic (exact) mass is 371 g/mol. The van der Waals surface area contributed by atoms with Crippen LogP contribution in [0.1, 0.15) is 49.8 Å². The van der Waals surface area contributed by atoms with Crippen molar-refractivity contribution in [3.8, 4) is 0 Å². The molecule has 6 heteroatoms. The molecular formula is C20H29N5S. The van der Waals surface area contributed by atoms with E-state index in [0.717, 1.165) is 30.3 Å². The summed E-state index contributed by atoms with van der Waals surface area (Å²) >= 11 is 5.72. The van der Waals surface area contributed by atoms with Crippen LogP contribution in [0.4, 0.5) is 0 Å². The number of rotatable bonds is 7. The van der Waals surface area contributed by atoms with E-state index >= 15 is 0 Å². The van der Waals surface area contributed by atoms with E-state index in [9.17, 15) is 0 Å². The van der Waals surface area contributed by atoms with E-state index in [1.54, 1.807) is 0 Å². The summed E-state index contributed by atoms with van der Waals surface area (Å²) in [5.41, 5.74) is 2.32. The van der Waals surface area contributed by atoms with E-state index in [1.807, 2.05) is 18.3 Å². The molecule has 0 amide bonds. The van der Waals surface area contributed by atoms with Crippen LogP contribution in [0.2, 0.25) is 0 Å². The van der Waals surface area contributed by atoms with Gasteiger partial charge in [-0.3, -0.25) is 4.98 Å². The Hall–Kier alpha value is -1.92. The maximum atomic E-state index is 5.72. The molecule has 3 rings (SSSR count). The Morgan fingerprint density at radius 1 is 1.23 bits per heavy atom. The Balaban J connectivity index is 1.95. The van der Waals surface area contributed by atoms with Gasteiger partial charge in [-0.25, -0.2) is 0 Å². The second-order valence-electron chi connectivity index (χ2n) is 7.41. The van der Waals surface area contributed by atoms with Gasteiger partial charge in [0, 0.05) is 30.7 Å². The van der Waals surface area contributed by atoms with E-state index in [1.165, 1.54) is 5.69 Å². The quantitative estimate of drug-likeness (QED) is 0.755. The average molecular weight is 372 g/mol. The van der Waals surface area contributed by atoms with Gasteiger partial charge in [0.2, 0.25) is 0 Å². The Labute approximate surface area is 162 Å². The Morgan fingerprint density at radius 3 is 2.69 bits per heavy atom. The minimum atomic E-state index is 0.0652. The van der Waals surface area contributed by atoms with Crippen LogP contribution in [0.5, 0.6) is 0 Å². The van der Waals surface area contributed by atoms with Gasteiger partial charge in [0.25, 0.3) is 0 Å². The predicted molar refractivity (Wildman–Crippen MR) is 110 cm³/mol. The molecule has 140 valence electrons. The molecule has 0 bridgehead atoms. The minimum absolute atomic E-state index is 0.0652. The average Bonchev–Trinajstić information content (AvgIpc) is 3.20. The van der Waals surface area contributed by atoms with Crippen LogP contribution in [-0.4, -0.2) is 51.6 Å². The molecule has 1 aliphatic rings. The molecule has 0 saturated carbocycles. The lowest BCUT2D eigenvalue weighted by molar-refractivity contribution is 0.280. The fourth-order valence-electron chi connectivity index (χ4n) is 3.65. The molecule has 2 unspecified atom stereocenters. The molecule has 1 N–H and O–H groups in total. The van der Waals surface area contributed by atoms with E-state index in [0.29, 0.717) is 6.04 Å². The molecule has 1 fully saturated rings. The first kappa shape index (κ1) is 18.9. The molecule has 0 aromatic carbocycles. The molecular weight excluding hydrogens is 342 g/mol. The third-order valence-electron chi connectivity index (χ3n) is 4.87. The summed E-state index contributed by atoms with van der Waals surface area (Å²) < 4.78 is 2.34. The number of thiocarbonyl (C=S) groups is 1. The molecule has 0 spiro atoms. The fraction of sp³-hybridized carbons (Fsp3) is 0.500. The number of nitrogens with one attached hydrogen (secondary N) is 1. The standard InChI is InChI=1S/C20H29N5S/c1-15(2)24-13-7-10-17(24)19-18(16-9-5-6-11-21-16)22-20(26)25(19)14-8-12-23(3)4/h5-7,9-11,13,15,18-19H,8,12,14H2,1-4H3,(H,22,26). The first-order valence-corrected chi connectivity index (χ1v) is 9.69. The van der Waals surface area contributed by atoms with E-state index in [2.05, 4.69) is 77.0 Å². The highest BCUT2D eigenvalue weighted by molar-refractivity contribution is 7.80. The molecule has 26 heavy (non-hydrogen) atoms. The summed E-state index contributed by atoms with van der Waals surface area (Å²) in [6, 6.07) is 11.0. The molecule has 2 atom stereocenters. The number of aromatic nitrogens is 2. The maximum Gasteiger partial charge on any atom is 0.170 e. The van der Waals surface area contributed by atoms with Crippen molar-refractivity contribution in [1.29, 1.82) is 0 Å². The van der Waals surface area contributed by atoms with Crippen LogP contribution < -0.4 is 5.32 Å². The van der Waals surface area contributed by atoms with Gasteiger partial charge in [-0.2, -0.15) is 0 Å². The van der Waals surface area contributed by atoms with Gasteiger partial charge in [-0.1, -0.05) is 6.07 Å². The lowest BCUT2D eigenvalue weighted by Crippen LogP contribution is -2.33. The Bertz CT molecular complexity index is 725. The van der Waals surface area contributed by atoms with Gasteiger partial charge >= 0.3 is 0 Å². The number of pyridine rings is 1. The molecule has 1 saturated heterocycles. The van der Waals surface area contributed by atoms with Gasteiger partial charge in [0.1, 0.15) is 0 Å². The van der Waals surface area contributed by atoms with Crippen molar-refractivity contribution in [3.63, 3.8) is 0 Å². The van der Waals surface area contributed by atoms with E-state index < -0.39 is 0 Å². The van der Waals surface area contributed by atoms with Crippen LogP contribution in [0.15, 0.2) is 42.7 Å². The zero-order valence-corrected chi connectivity index (χ0v) is 16.9. The smallest absolute Gasteiger partial charge is 0.170 e. The van der Waals surface area contributed by atoms with Gasteiger partial charge < -0.3 is 19.7 Å². The summed E-state index contributed by atoms with van der Waals surface area (Å²) in [6.45, 7) is 6.42. The second-order valence-corrected chi connectivity index (χ2v) is 7.80.